The van der Waals surface area contributed by atoms with Gasteiger partial charge in [-0.3, -0.25) is 14.4 Å². The van der Waals surface area contributed by atoms with E-state index < -0.39 is 0 Å². The molecule has 2 aliphatic heterocycles. The van der Waals surface area contributed by atoms with E-state index in [2.05, 4.69) is 5.32 Å². The van der Waals surface area contributed by atoms with Crippen LogP contribution in [-0.2, 0) is 20.8 Å². The van der Waals surface area contributed by atoms with Crippen LogP contribution in [0.5, 0.6) is 0 Å². The molecule has 0 aromatic heterocycles. The molecule has 1 aromatic rings. The molecule has 3 aliphatic rings. The molecule has 0 atom stereocenters. The van der Waals surface area contributed by atoms with Crippen LogP contribution in [0, 0.1) is 11.8 Å². The van der Waals surface area contributed by atoms with Gasteiger partial charge in [0, 0.05) is 50.5 Å². The van der Waals surface area contributed by atoms with Crippen LogP contribution in [0.15, 0.2) is 30.3 Å². The van der Waals surface area contributed by atoms with Crippen LogP contribution < -0.4 is 5.32 Å². The normalized spacial score (nSPS) is 20.8. The highest BCUT2D eigenvalue weighted by molar-refractivity contribution is 5.82. The Balaban J connectivity index is 1.15. The number of benzene rings is 1. The van der Waals surface area contributed by atoms with Gasteiger partial charge in [-0.25, -0.2) is 0 Å². The minimum Gasteiger partial charge on any atom is -0.353 e. The van der Waals surface area contributed by atoms with E-state index >= 15 is 0 Å². The number of rotatable bonds is 6. The summed E-state index contributed by atoms with van der Waals surface area (Å²) in [6.45, 7) is 2.87. The quantitative estimate of drug-likeness (QED) is 0.781. The second-order valence-corrected chi connectivity index (χ2v) is 9.03. The van der Waals surface area contributed by atoms with Crippen LogP contribution in [0.4, 0.5) is 0 Å². The average molecular weight is 412 g/mol. The Labute approximate surface area is 179 Å². The topological polar surface area (TPSA) is 69.7 Å². The molecule has 6 heteroatoms. The maximum Gasteiger partial charge on any atom is 0.225 e. The predicted molar refractivity (Wildman–Crippen MR) is 115 cm³/mol. The Kier molecular flexibility index (Phi) is 6.70. The minimum absolute atomic E-state index is 0.0465. The van der Waals surface area contributed by atoms with Crippen molar-refractivity contribution in [3.8, 4) is 0 Å². The van der Waals surface area contributed by atoms with Crippen LogP contribution >= 0.6 is 0 Å². The smallest absolute Gasteiger partial charge is 0.225 e. The standard InChI is InChI=1S/C24H33N3O3/c28-22(9-6-18-4-2-1-3-5-18)25-21-12-16-27(17-13-21)24(30)20-10-14-26(15-11-20)23(29)19-7-8-19/h1-5,19-21H,6-17H2,(H,25,28). The molecule has 3 amide bonds. The second-order valence-electron chi connectivity index (χ2n) is 9.03. The third kappa shape index (κ3) is 5.41. The summed E-state index contributed by atoms with van der Waals surface area (Å²) in [5.74, 6) is 0.938. The van der Waals surface area contributed by atoms with Gasteiger partial charge in [0.1, 0.15) is 0 Å². The number of aryl methyl sites for hydroxylation is 1. The lowest BCUT2D eigenvalue weighted by Gasteiger charge is -2.37. The zero-order chi connectivity index (χ0) is 20.9. The summed E-state index contributed by atoms with van der Waals surface area (Å²) in [7, 11) is 0. The predicted octanol–water partition coefficient (Wildman–Crippen LogP) is 2.38. The van der Waals surface area contributed by atoms with Gasteiger partial charge in [0.15, 0.2) is 0 Å². The molecule has 1 N–H and O–H groups in total. The summed E-state index contributed by atoms with van der Waals surface area (Å²) >= 11 is 0. The van der Waals surface area contributed by atoms with Crippen LogP contribution in [0.25, 0.3) is 0 Å². The van der Waals surface area contributed by atoms with E-state index in [1.807, 2.05) is 40.1 Å². The molecule has 2 heterocycles. The minimum atomic E-state index is 0.0465. The first-order valence-corrected chi connectivity index (χ1v) is 11.5. The van der Waals surface area contributed by atoms with Gasteiger partial charge in [-0.1, -0.05) is 30.3 Å². The molecule has 1 aromatic carbocycles. The van der Waals surface area contributed by atoms with E-state index in [1.54, 1.807) is 0 Å². The summed E-state index contributed by atoms with van der Waals surface area (Å²) in [6, 6.07) is 10.2. The van der Waals surface area contributed by atoms with E-state index in [0.717, 1.165) is 58.0 Å². The maximum atomic E-state index is 12.9. The summed E-state index contributed by atoms with van der Waals surface area (Å²) in [5.41, 5.74) is 1.18. The Morgan fingerprint density at radius 1 is 0.767 bits per heavy atom. The number of nitrogens with one attached hydrogen (secondary N) is 1. The average Bonchev–Trinajstić information content (AvgIpc) is 3.64. The van der Waals surface area contributed by atoms with Crippen molar-refractivity contribution in [2.24, 2.45) is 11.8 Å². The van der Waals surface area contributed by atoms with Crippen molar-refractivity contribution < 1.29 is 14.4 Å². The highest BCUT2D eigenvalue weighted by Gasteiger charge is 2.37. The molecular formula is C24H33N3O3. The zero-order valence-electron chi connectivity index (χ0n) is 17.7. The number of piperidine rings is 2. The van der Waals surface area contributed by atoms with Crippen molar-refractivity contribution in [2.45, 2.75) is 57.4 Å². The summed E-state index contributed by atoms with van der Waals surface area (Å²) < 4.78 is 0. The van der Waals surface area contributed by atoms with Gasteiger partial charge in [0.25, 0.3) is 0 Å². The van der Waals surface area contributed by atoms with E-state index in [1.165, 1.54) is 5.56 Å². The number of hydrogen-bond acceptors (Lipinski definition) is 3. The molecular weight excluding hydrogens is 378 g/mol. The Morgan fingerprint density at radius 2 is 1.30 bits per heavy atom. The molecule has 1 saturated carbocycles. The Bertz CT molecular complexity index is 746. The first-order chi connectivity index (χ1) is 14.6. The molecule has 30 heavy (non-hydrogen) atoms. The van der Waals surface area contributed by atoms with E-state index in [-0.39, 0.29) is 29.7 Å². The van der Waals surface area contributed by atoms with E-state index in [9.17, 15) is 14.4 Å². The van der Waals surface area contributed by atoms with Crippen LogP contribution in [0.3, 0.4) is 0 Å². The fraction of sp³-hybridized carbons (Fsp3) is 0.625. The number of hydrogen-bond donors (Lipinski definition) is 1. The molecule has 162 valence electrons. The van der Waals surface area contributed by atoms with Gasteiger partial charge in [-0.05, 0) is 50.5 Å². The maximum absolute atomic E-state index is 12.9. The van der Waals surface area contributed by atoms with E-state index in [0.29, 0.717) is 25.4 Å². The first kappa shape index (κ1) is 20.9. The van der Waals surface area contributed by atoms with Gasteiger partial charge in [0.2, 0.25) is 17.7 Å². The molecule has 0 unspecified atom stereocenters. The number of likely N-dealkylation sites (tertiary alicyclic amines) is 2. The SMILES string of the molecule is O=C(CCc1ccccc1)NC1CCN(C(=O)C2CCN(C(=O)C3CC3)CC2)CC1. The molecule has 1 aliphatic carbocycles. The second kappa shape index (κ2) is 9.63. The van der Waals surface area contributed by atoms with Crippen LogP contribution in [0.2, 0.25) is 0 Å². The van der Waals surface area contributed by atoms with Crippen molar-refractivity contribution in [2.75, 3.05) is 26.2 Å². The highest BCUT2D eigenvalue weighted by atomic mass is 16.2. The fourth-order valence-corrected chi connectivity index (χ4v) is 4.64. The van der Waals surface area contributed by atoms with Gasteiger partial charge >= 0.3 is 0 Å². The monoisotopic (exact) mass is 411 g/mol. The van der Waals surface area contributed by atoms with E-state index in [4.69, 9.17) is 0 Å². The fourth-order valence-electron chi connectivity index (χ4n) is 4.64. The number of amides is 3. The third-order valence-electron chi connectivity index (χ3n) is 6.74. The van der Waals surface area contributed by atoms with Gasteiger partial charge < -0.3 is 15.1 Å². The largest absolute Gasteiger partial charge is 0.353 e. The third-order valence-corrected chi connectivity index (χ3v) is 6.74. The van der Waals surface area contributed by atoms with Crippen molar-refractivity contribution in [3.05, 3.63) is 35.9 Å². The van der Waals surface area contributed by atoms with Crippen LogP contribution in [0.1, 0.15) is 50.5 Å². The summed E-state index contributed by atoms with van der Waals surface area (Å²) in [4.78, 5) is 41.3. The lowest BCUT2D eigenvalue weighted by molar-refractivity contribution is -0.142. The Hall–Kier alpha value is -2.37. The summed E-state index contributed by atoms with van der Waals surface area (Å²) in [5, 5.41) is 3.14. The summed E-state index contributed by atoms with van der Waals surface area (Å²) in [6.07, 6.45) is 6.54. The first-order valence-electron chi connectivity index (χ1n) is 11.5. The van der Waals surface area contributed by atoms with Crippen molar-refractivity contribution in [1.82, 2.24) is 15.1 Å². The molecule has 0 radical (unpaired) electrons. The molecule has 3 fully saturated rings. The lowest BCUT2D eigenvalue weighted by atomic mass is 9.93. The molecule has 6 nitrogen and oxygen atoms in total. The zero-order valence-corrected chi connectivity index (χ0v) is 17.7. The number of nitrogens with zero attached hydrogens (tertiary/aromatic N) is 2. The Morgan fingerprint density at radius 3 is 1.87 bits per heavy atom. The van der Waals surface area contributed by atoms with Crippen molar-refractivity contribution in [1.29, 1.82) is 0 Å². The highest BCUT2D eigenvalue weighted by Crippen LogP contribution is 2.32. The lowest BCUT2D eigenvalue weighted by Crippen LogP contribution is -2.50. The molecule has 0 spiro atoms. The molecule has 2 saturated heterocycles. The van der Waals surface area contributed by atoms with Gasteiger partial charge in [-0.2, -0.15) is 0 Å². The van der Waals surface area contributed by atoms with Gasteiger partial charge in [0.05, 0.1) is 0 Å². The van der Waals surface area contributed by atoms with Gasteiger partial charge in [-0.15, -0.1) is 0 Å². The molecule has 0 bridgehead atoms. The van der Waals surface area contributed by atoms with Crippen molar-refractivity contribution >= 4 is 17.7 Å². The molecule has 4 rings (SSSR count). The number of carbonyl (C=O) groups excluding carboxylic acids is 3. The number of carbonyl (C=O) groups is 3. The van der Waals surface area contributed by atoms with Crippen molar-refractivity contribution in [3.63, 3.8) is 0 Å². The van der Waals surface area contributed by atoms with Crippen LogP contribution in [-0.4, -0.2) is 59.7 Å².